The number of imidazole rings is 1. The highest BCUT2D eigenvalue weighted by atomic mass is 16.5. The van der Waals surface area contributed by atoms with Crippen molar-refractivity contribution in [3.63, 3.8) is 0 Å². The van der Waals surface area contributed by atoms with Gasteiger partial charge >= 0.3 is 6.09 Å². The lowest BCUT2D eigenvalue weighted by atomic mass is 10.0. The Morgan fingerprint density at radius 3 is 2.45 bits per heavy atom. The van der Waals surface area contributed by atoms with Crippen molar-refractivity contribution in [2.75, 3.05) is 13.2 Å². The van der Waals surface area contributed by atoms with E-state index in [1.165, 1.54) is 11.1 Å². The van der Waals surface area contributed by atoms with Gasteiger partial charge in [0.1, 0.15) is 5.82 Å². The number of aromatic nitrogens is 2. The Labute approximate surface area is 172 Å². The number of aromatic amines is 1. The predicted octanol–water partition coefficient (Wildman–Crippen LogP) is 5.45. The zero-order valence-electron chi connectivity index (χ0n) is 17.2. The second kappa shape index (κ2) is 10.5. The molecule has 0 bridgehead atoms. The second-order valence-electron chi connectivity index (χ2n) is 7.54. The Balaban J connectivity index is 1.45. The molecule has 0 aliphatic heterocycles. The summed E-state index contributed by atoms with van der Waals surface area (Å²) in [5, 5.41) is 2.77. The third-order valence-corrected chi connectivity index (χ3v) is 4.72. The fourth-order valence-electron chi connectivity index (χ4n) is 3.10. The monoisotopic (exact) mass is 391 g/mol. The maximum Gasteiger partial charge on any atom is 0.407 e. The molecule has 2 N–H and O–H groups in total. The largest absolute Gasteiger partial charge is 0.450 e. The quantitative estimate of drug-likeness (QED) is 0.477. The molecule has 0 spiro atoms. The van der Waals surface area contributed by atoms with Gasteiger partial charge < -0.3 is 15.0 Å². The molecular weight excluding hydrogens is 362 g/mol. The first-order valence-electron chi connectivity index (χ1n) is 10.2. The highest BCUT2D eigenvalue weighted by molar-refractivity contribution is 5.68. The minimum atomic E-state index is -0.364. The molecule has 1 amide bonds. The van der Waals surface area contributed by atoms with Gasteiger partial charge in [-0.2, -0.15) is 0 Å². The van der Waals surface area contributed by atoms with E-state index in [1.54, 1.807) is 0 Å². The third-order valence-electron chi connectivity index (χ3n) is 4.72. The predicted molar refractivity (Wildman–Crippen MR) is 117 cm³/mol. The molecule has 0 saturated carbocycles. The van der Waals surface area contributed by atoms with E-state index in [2.05, 4.69) is 65.5 Å². The molecule has 3 aromatic rings. The average molecular weight is 392 g/mol. The van der Waals surface area contributed by atoms with Gasteiger partial charge in [0.05, 0.1) is 18.5 Å². The van der Waals surface area contributed by atoms with E-state index in [4.69, 9.17) is 4.74 Å². The van der Waals surface area contributed by atoms with Gasteiger partial charge in [0.2, 0.25) is 0 Å². The molecule has 1 heterocycles. The maximum atomic E-state index is 11.7. The molecule has 3 rings (SSSR count). The van der Waals surface area contributed by atoms with Crippen molar-refractivity contribution in [1.82, 2.24) is 15.3 Å². The lowest BCUT2D eigenvalue weighted by Gasteiger charge is -2.07. The SMILES string of the molecule is CC(C)CCCOC(=O)NCCc1ncc(-c2ccc(-c3ccccc3)cc2)[nH]1. The molecular formula is C24H29N3O2. The summed E-state index contributed by atoms with van der Waals surface area (Å²) in [5.74, 6) is 1.47. The minimum Gasteiger partial charge on any atom is -0.450 e. The van der Waals surface area contributed by atoms with E-state index < -0.39 is 0 Å². The first kappa shape index (κ1) is 20.6. The van der Waals surface area contributed by atoms with Crippen molar-refractivity contribution < 1.29 is 9.53 Å². The first-order chi connectivity index (χ1) is 14.1. The maximum absolute atomic E-state index is 11.7. The smallest absolute Gasteiger partial charge is 0.407 e. The summed E-state index contributed by atoms with van der Waals surface area (Å²) >= 11 is 0. The van der Waals surface area contributed by atoms with E-state index in [0.717, 1.165) is 29.9 Å². The average Bonchev–Trinajstić information content (AvgIpc) is 3.21. The van der Waals surface area contributed by atoms with Crippen molar-refractivity contribution in [2.45, 2.75) is 33.1 Å². The summed E-state index contributed by atoms with van der Waals surface area (Å²) in [5.41, 5.74) is 4.44. The molecule has 0 aliphatic rings. The van der Waals surface area contributed by atoms with E-state index >= 15 is 0 Å². The highest BCUT2D eigenvalue weighted by Gasteiger charge is 2.06. The second-order valence-corrected chi connectivity index (χ2v) is 7.54. The third kappa shape index (κ3) is 6.49. The van der Waals surface area contributed by atoms with Crippen LogP contribution in [0.3, 0.4) is 0 Å². The summed E-state index contributed by atoms with van der Waals surface area (Å²) in [6, 6.07) is 18.7. The number of hydrogen-bond donors (Lipinski definition) is 2. The van der Waals surface area contributed by atoms with Gasteiger partial charge in [0.25, 0.3) is 0 Å². The number of nitrogens with one attached hydrogen (secondary N) is 2. The van der Waals surface area contributed by atoms with Crippen LogP contribution in [0.2, 0.25) is 0 Å². The molecule has 1 aromatic heterocycles. The van der Waals surface area contributed by atoms with Gasteiger partial charge in [-0.3, -0.25) is 0 Å². The Kier molecular flexibility index (Phi) is 7.45. The minimum absolute atomic E-state index is 0.364. The standard InChI is InChI=1S/C24H29N3O2/c1-18(2)7-6-16-29-24(28)25-15-14-23-26-17-22(27-23)21-12-10-20(11-13-21)19-8-4-3-5-9-19/h3-5,8-13,17-18H,6-7,14-16H2,1-2H3,(H,25,28)(H,26,27). The number of benzene rings is 2. The Bertz CT molecular complexity index is 886. The number of H-pyrrole nitrogens is 1. The van der Waals surface area contributed by atoms with Crippen LogP contribution in [0.5, 0.6) is 0 Å². The normalized spacial score (nSPS) is 10.9. The van der Waals surface area contributed by atoms with Gasteiger partial charge in [0, 0.05) is 13.0 Å². The molecule has 2 aromatic carbocycles. The number of hydrogen-bond acceptors (Lipinski definition) is 3. The molecule has 0 atom stereocenters. The van der Waals surface area contributed by atoms with Crippen LogP contribution < -0.4 is 5.32 Å². The lowest BCUT2D eigenvalue weighted by molar-refractivity contribution is 0.143. The first-order valence-corrected chi connectivity index (χ1v) is 10.2. The summed E-state index contributed by atoms with van der Waals surface area (Å²) in [6.45, 7) is 5.28. The van der Waals surface area contributed by atoms with Gasteiger partial charge in [-0.25, -0.2) is 9.78 Å². The number of nitrogens with zero attached hydrogens (tertiary/aromatic N) is 1. The van der Waals surface area contributed by atoms with Crippen LogP contribution in [0.25, 0.3) is 22.4 Å². The molecule has 0 fully saturated rings. The molecule has 0 aliphatic carbocycles. The van der Waals surface area contributed by atoms with Crippen molar-refractivity contribution >= 4 is 6.09 Å². The Hall–Kier alpha value is -3.08. The molecule has 5 nitrogen and oxygen atoms in total. The van der Waals surface area contributed by atoms with E-state index in [9.17, 15) is 4.79 Å². The van der Waals surface area contributed by atoms with Gasteiger partial charge in [-0.15, -0.1) is 0 Å². The number of amides is 1. The molecule has 0 saturated heterocycles. The van der Waals surface area contributed by atoms with E-state index in [0.29, 0.717) is 25.5 Å². The summed E-state index contributed by atoms with van der Waals surface area (Å²) < 4.78 is 5.17. The lowest BCUT2D eigenvalue weighted by Crippen LogP contribution is -2.27. The van der Waals surface area contributed by atoms with Crippen LogP contribution in [0.15, 0.2) is 60.8 Å². The van der Waals surface area contributed by atoms with Crippen molar-refractivity contribution in [1.29, 1.82) is 0 Å². The number of ether oxygens (including phenoxy) is 1. The Morgan fingerprint density at radius 2 is 1.72 bits per heavy atom. The van der Waals surface area contributed by atoms with Crippen molar-refractivity contribution in [2.24, 2.45) is 5.92 Å². The zero-order chi connectivity index (χ0) is 20.5. The molecule has 29 heavy (non-hydrogen) atoms. The number of carbonyl (C=O) groups excluding carboxylic acids is 1. The fraction of sp³-hybridized carbons (Fsp3) is 0.333. The zero-order valence-corrected chi connectivity index (χ0v) is 17.2. The van der Waals surface area contributed by atoms with E-state index in [1.807, 2.05) is 24.4 Å². The Morgan fingerprint density at radius 1 is 1.03 bits per heavy atom. The van der Waals surface area contributed by atoms with Crippen LogP contribution in [-0.4, -0.2) is 29.2 Å². The van der Waals surface area contributed by atoms with Crippen LogP contribution in [-0.2, 0) is 11.2 Å². The molecule has 0 unspecified atom stereocenters. The number of alkyl carbamates (subject to hydrolysis) is 1. The molecule has 152 valence electrons. The van der Waals surface area contributed by atoms with Crippen LogP contribution >= 0.6 is 0 Å². The van der Waals surface area contributed by atoms with Crippen LogP contribution in [0.4, 0.5) is 4.79 Å². The van der Waals surface area contributed by atoms with Crippen molar-refractivity contribution in [3.8, 4) is 22.4 Å². The number of rotatable bonds is 9. The topological polar surface area (TPSA) is 67.0 Å². The van der Waals surface area contributed by atoms with Gasteiger partial charge in [-0.05, 0) is 35.4 Å². The molecule has 0 radical (unpaired) electrons. The summed E-state index contributed by atoms with van der Waals surface area (Å²) in [6.07, 6.45) is 4.06. The van der Waals surface area contributed by atoms with Crippen LogP contribution in [0.1, 0.15) is 32.5 Å². The summed E-state index contributed by atoms with van der Waals surface area (Å²) in [7, 11) is 0. The van der Waals surface area contributed by atoms with Gasteiger partial charge in [-0.1, -0.05) is 68.4 Å². The van der Waals surface area contributed by atoms with Gasteiger partial charge in [0.15, 0.2) is 0 Å². The number of carbonyl (C=O) groups is 1. The molecule has 5 heteroatoms. The van der Waals surface area contributed by atoms with Crippen molar-refractivity contribution in [3.05, 3.63) is 66.6 Å². The fourth-order valence-corrected chi connectivity index (χ4v) is 3.10. The van der Waals surface area contributed by atoms with E-state index in [-0.39, 0.29) is 6.09 Å². The highest BCUT2D eigenvalue weighted by Crippen LogP contribution is 2.23. The van der Waals surface area contributed by atoms with Crippen LogP contribution in [0, 0.1) is 5.92 Å². The summed E-state index contributed by atoms with van der Waals surface area (Å²) in [4.78, 5) is 19.4.